The number of carbonyl (C=O) groups is 1. The number of hydrogen-bond acceptors (Lipinski definition) is 2. The highest BCUT2D eigenvalue weighted by atomic mass is 32.2. The van der Waals surface area contributed by atoms with Crippen molar-refractivity contribution >= 4 is 17.7 Å². The van der Waals surface area contributed by atoms with Gasteiger partial charge in [0.1, 0.15) is 0 Å². The van der Waals surface area contributed by atoms with E-state index in [0.29, 0.717) is 0 Å². The van der Waals surface area contributed by atoms with Crippen molar-refractivity contribution in [1.82, 2.24) is 0 Å². The Morgan fingerprint density at radius 1 is 1.54 bits per heavy atom. The van der Waals surface area contributed by atoms with E-state index >= 15 is 0 Å². The molecule has 0 radical (unpaired) electrons. The SMILES string of the molecule is CC(SCCCC(F)(F)F)C(=O)O. The normalized spacial score (nSPS) is 14.2. The Hall–Kier alpha value is -0.390. The van der Waals surface area contributed by atoms with E-state index in [1.807, 2.05) is 0 Å². The van der Waals surface area contributed by atoms with Crippen molar-refractivity contribution in [2.45, 2.75) is 31.2 Å². The highest BCUT2D eigenvalue weighted by Gasteiger charge is 2.26. The van der Waals surface area contributed by atoms with Gasteiger partial charge in [0.15, 0.2) is 0 Å². The molecule has 0 aromatic carbocycles. The number of aliphatic carboxylic acids is 1. The lowest BCUT2D eigenvalue weighted by Crippen LogP contribution is -2.13. The van der Waals surface area contributed by atoms with Crippen LogP contribution in [0.15, 0.2) is 0 Å². The second-order valence-electron chi connectivity index (χ2n) is 2.57. The van der Waals surface area contributed by atoms with Crippen LogP contribution < -0.4 is 0 Å². The highest BCUT2D eigenvalue weighted by molar-refractivity contribution is 8.00. The van der Waals surface area contributed by atoms with Gasteiger partial charge in [0.05, 0.1) is 5.25 Å². The van der Waals surface area contributed by atoms with Crippen molar-refractivity contribution < 1.29 is 23.1 Å². The molecule has 0 aliphatic heterocycles. The third-order valence-corrected chi connectivity index (χ3v) is 2.55. The fourth-order valence-electron chi connectivity index (χ4n) is 0.604. The summed E-state index contributed by atoms with van der Waals surface area (Å²) in [5, 5.41) is 7.77. The van der Waals surface area contributed by atoms with Gasteiger partial charge in [-0.2, -0.15) is 13.2 Å². The Bertz CT molecular complexity index is 170. The molecule has 0 rings (SSSR count). The van der Waals surface area contributed by atoms with E-state index in [4.69, 9.17) is 5.11 Å². The van der Waals surface area contributed by atoms with Gasteiger partial charge in [-0.05, 0) is 19.1 Å². The minimum Gasteiger partial charge on any atom is -0.480 e. The highest BCUT2D eigenvalue weighted by Crippen LogP contribution is 2.23. The van der Waals surface area contributed by atoms with Gasteiger partial charge >= 0.3 is 12.1 Å². The van der Waals surface area contributed by atoms with Gasteiger partial charge in [0.25, 0.3) is 0 Å². The fourth-order valence-corrected chi connectivity index (χ4v) is 1.41. The number of alkyl halides is 3. The van der Waals surface area contributed by atoms with Crippen molar-refractivity contribution in [3.63, 3.8) is 0 Å². The minimum absolute atomic E-state index is 0.0220. The van der Waals surface area contributed by atoms with Gasteiger partial charge in [-0.1, -0.05) is 0 Å². The van der Waals surface area contributed by atoms with Crippen LogP contribution >= 0.6 is 11.8 Å². The van der Waals surface area contributed by atoms with Crippen LogP contribution in [0.4, 0.5) is 13.2 Å². The van der Waals surface area contributed by atoms with Crippen molar-refractivity contribution in [3.05, 3.63) is 0 Å². The molecule has 1 atom stereocenters. The molecule has 0 aromatic heterocycles. The second-order valence-corrected chi connectivity index (χ2v) is 4.02. The number of halogens is 3. The Balaban J connectivity index is 3.41. The van der Waals surface area contributed by atoms with E-state index < -0.39 is 23.8 Å². The maximum Gasteiger partial charge on any atom is 0.389 e. The standard InChI is InChI=1S/C7H11F3O2S/c1-5(6(11)12)13-4-2-3-7(8,9)10/h5H,2-4H2,1H3,(H,11,12). The largest absolute Gasteiger partial charge is 0.480 e. The molecular weight excluding hydrogens is 205 g/mol. The average molecular weight is 216 g/mol. The molecule has 1 unspecified atom stereocenters. The third-order valence-electron chi connectivity index (χ3n) is 1.32. The number of thioether (sulfide) groups is 1. The monoisotopic (exact) mass is 216 g/mol. The topological polar surface area (TPSA) is 37.3 Å². The third kappa shape index (κ3) is 7.95. The van der Waals surface area contributed by atoms with Crippen LogP contribution in [0.3, 0.4) is 0 Å². The summed E-state index contributed by atoms with van der Waals surface area (Å²) in [6.45, 7) is 1.46. The van der Waals surface area contributed by atoms with E-state index in [1.54, 1.807) is 0 Å². The Morgan fingerprint density at radius 2 is 2.08 bits per heavy atom. The van der Waals surface area contributed by atoms with Gasteiger partial charge < -0.3 is 5.11 Å². The van der Waals surface area contributed by atoms with E-state index in [-0.39, 0.29) is 12.2 Å². The molecule has 0 spiro atoms. The summed E-state index contributed by atoms with van der Waals surface area (Å²) in [4.78, 5) is 10.2. The lowest BCUT2D eigenvalue weighted by atomic mass is 10.3. The molecule has 0 aliphatic carbocycles. The van der Waals surface area contributed by atoms with Gasteiger partial charge in [0, 0.05) is 6.42 Å². The van der Waals surface area contributed by atoms with E-state index in [2.05, 4.69) is 0 Å². The van der Waals surface area contributed by atoms with Gasteiger partial charge in [0.2, 0.25) is 0 Å². The molecule has 0 bridgehead atoms. The lowest BCUT2D eigenvalue weighted by molar-refractivity contribution is -0.136. The zero-order chi connectivity index (χ0) is 10.5. The predicted molar refractivity (Wildman–Crippen MR) is 44.8 cm³/mol. The van der Waals surface area contributed by atoms with E-state index in [1.165, 1.54) is 6.92 Å². The van der Waals surface area contributed by atoms with Crippen molar-refractivity contribution in [2.75, 3.05) is 5.75 Å². The lowest BCUT2D eigenvalue weighted by Gasteiger charge is -2.07. The number of carboxylic acid groups (broad SMARTS) is 1. The molecule has 0 aromatic rings. The van der Waals surface area contributed by atoms with Crippen LogP contribution in [0.1, 0.15) is 19.8 Å². The summed E-state index contributed by atoms with van der Waals surface area (Å²) in [6, 6.07) is 0. The summed E-state index contributed by atoms with van der Waals surface area (Å²) < 4.78 is 34.8. The number of carboxylic acids is 1. The molecule has 0 saturated carbocycles. The first kappa shape index (κ1) is 12.6. The molecule has 0 amide bonds. The average Bonchev–Trinajstić information content (AvgIpc) is 1.95. The van der Waals surface area contributed by atoms with Crippen LogP contribution in [0.25, 0.3) is 0 Å². The van der Waals surface area contributed by atoms with Gasteiger partial charge in [-0.15, -0.1) is 11.8 Å². The van der Waals surface area contributed by atoms with Crippen molar-refractivity contribution in [1.29, 1.82) is 0 Å². The van der Waals surface area contributed by atoms with E-state index in [0.717, 1.165) is 11.8 Å². The Labute approximate surface area is 78.5 Å². The molecule has 0 aliphatic rings. The van der Waals surface area contributed by atoms with Crippen LogP contribution in [-0.4, -0.2) is 28.3 Å². The first-order valence-electron chi connectivity index (χ1n) is 3.74. The van der Waals surface area contributed by atoms with E-state index in [9.17, 15) is 18.0 Å². The molecule has 0 saturated heterocycles. The molecule has 78 valence electrons. The zero-order valence-corrected chi connectivity index (χ0v) is 7.91. The number of hydrogen-bond donors (Lipinski definition) is 1. The van der Waals surface area contributed by atoms with Gasteiger partial charge in [-0.25, -0.2) is 0 Å². The van der Waals surface area contributed by atoms with Crippen LogP contribution in [0, 0.1) is 0 Å². The fraction of sp³-hybridized carbons (Fsp3) is 0.857. The second kappa shape index (κ2) is 5.36. The molecular formula is C7H11F3O2S. The van der Waals surface area contributed by atoms with Gasteiger partial charge in [-0.3, -0.25) is 4.79 Å². The maximum absolute atomic E-state index is 11.6. The minimum atomic E-state index is -4.13. The smallest absolute Gasteiger partial charge is 0.389 e. The van der Waals surface area contributed by atoms with Crippen LogP contribution in [0.2, 0.25) is 0 Å². The van der Waals surface area contributed by atoms with Crippen LogP contribution in [0.5, 0.6) is 0 Å². The maximum atomic E-state index is 11.6. The quantitative estimate of drug-likeness (QED) is 0.717. The summed E-state index contributed by atoms with van der Waals surface area (Å²) in [7, 11) is 0. The summed E-state index contributed by atoms with van der Waals surface area (Å²) >= 11 is 1.03. The first-order valence-corrected chi connectivity index (χ1v) is 4.79. The molecule has 0 heterocycles. The van der Waals surface area contributed by atoms with Crippen molar-refractivity contribution in [2.24, 2.45) is 0 Å². The number of rotatable bonds is 5. The summed E-state index contributed by atoms with van der Waals surface area (Å²) in [5.41, 5.74) is 0. The molecule has 2 nitrogen and oxygen atoms in total. The molecule has 1 N–H and O–H groups in total. The van der Waals surface area contributed by atoms with Crippen molar-refractivity contribution in [3.8, 4) is 0 Å². The Morgan fingerprint density at radius 3 is 2.46 bits per heavy atom. The van der Waals surface area contributed by atoms with Crippen LogP contribution in [-0.2, 0) is 4.79 Å². The molecule has 13 heavy (non-hydrogen) atoms. The first-order chi connectivity index (χ1) is 5.83. The molecule has 0 fully saturated rings. The Kier molecular flexibility index (Phi) is 5.20. The summed E-state index contributed by atoms with van der Waals surface area (Å²) in [6.07, 6.45) is -4.99. The zero-order valence-electron chi connectivity index (χ0n) is 7.10. The molecule has 6 heteroatoms. The summed E-state index contributed by atoms with van der Waals surface area (Å²) in [5.74, 6) is -0.760. The predicted octanol–water partition coefficient (Wildman–Crippen LogP) is 2.54.